The highest BCUT2D eigenvalue weighted by atomic mass is 16.4. The van der Waals surface area contributed by atoms with E-state index in [1.165, 1.54) is 0 Å². The Hall–Kier alpha value is -3.99. The summed E-state index contributed by atoms with van der Waals surface area (Å²) in [6, 6.07) is 15.4. The van der Waals surface area contributed by atoms with Gasteiger partial charge in [-0.2, -0.15) is 0 Å². The van der Waals surface area contributed by atoms with Gasteiger partial charge >= 0.3 is 0 Å². The molecular weight excluding hydrogens is 498 g/mol. The van der Waals surface area contributed by atoms with Crippen molar-refractivity contribution in [1.29, 1.82) is 0 Å². The third kappa shape index (κ3) is 3.86. The fourth-order valence-corrected chi connectivity index (χ4v) is 7.57. The predicted octanol–water partition coefficient (Wildman–Crippen LogP) is 6.84. The molecule has 5 heteroatoms. The first-order chi connectivity index (χ1) is 19.4. The molecule has 0 saturated heterocycles. The number of carboxylic acid groups (broad SMARTS) is 1. The Morgan fingerprint density at radius 1 is 0.675 bits per heavy atom. The van der Waals surface area contributed by atoms with E-state index in [-0.39, 0.29) is 23.3 Å². The molecule has 0 unspecified atom stereocenters. The number of rotatable bonds is 6. The van der Waals surface area contributed by atoms with Crippen LogP contribution in [-0.2, 0) is 0 Å². The van der Waals surface area contributed by atoms with E-state index in [0.29, 0.717) is 28.9 Å². The monoisotopic (exact) mass is 530 g/mol. The maximum atomic E-state index is 13.6. The molecule has 0 bridgehead atoms. The lowest BCUT2D eigenvalue weighted by Gasteiger charge is -2.21. The van der Waals surface area contributed by atoms with E-state index in [2.05, 4.69) is 11.4 Å². The molecule has 0 aliphatic heterocycles. The zero-order valence-corrected chi connectivity index (χ0v) is 22.8. The molecule has 5 nitrogen and oxygen atoms in total. The molecule has 0 radical (unpaired) electrons. The van der Waals surface area contributed by atoms with Gasteiger partial charge in [0.2, 0.25) is 0 Å². The Labute approximate surface area is 232 Å². The van der Waals surface area contributed by atoms with Crippen LogP contribution in [0.15, 0.2) is 48.5 Å². The molecule has 5 aromatic carbocycles. The summed E-state index contributed by atoms with van der Waals surface area (Å²) in [5.74, 6) is -0.972. The van der Waals surface area contributed by atoms with Crippen LogP contribution in [0.25, 0.3) is 43.1 Å². The Bertz CT molecular complexity index is 1820. The molecule has 1 amide bonds. The second-order valence-electron chi connectivity index (χ2n) is 11.9. The largest absolute Gasteiger partial charge is 0.545 e. The van der Waals surface area contributed by atoms with E-state index in [1.54, 1.807) is 12.1 Å². The summed E-state index contributed by atoms with van der Waals surface area (Å²) in [4.78, 5) is 39.4. The van der Waals surface area contributed by atoms with Gasteiger partial charge in [-0.3, -0.25) is 9.59 Å². The Kier molecular flexibility index (Phi) is 5.99. The molecule has 2 aliphatic rings. The first-order valence-corrected chi connectivity index (χ1v) is 14.6. The van der Waals surface area contributed by atoms with Gasteiger partial charge in [0.05, 0.1) is 5.97 Å². The third-order valence-electron chi connectivity index (χ3n) is 9.51. The molecular formula is C35H32NO4-. The predicted molar refractivity (Wildman–Crippen MR) is 157 cm³/mol. The molecule has 2 aliphatic carbocycles. The van der Waals surface area contributed by atoms with Gasteiger partial charge in [0, 0.05) is 34.5 Å². The summed E-state index contributed by atoms with van der Waals surface area (Å²) >= 11 is 0. The summed E-state index contributed by atoms with van der Waals surface area (Å²) in [6.45, 7) is 2.03. The number of carbonyl (C=O) groups is 3. The van der Waals surface area contributed by atoms with Crippen molar-refractivity contribution < 1.29 is 19.5 Å². The average Bonchev–Trinajstić information content (AvgIpc) is 3.66. The molecule has 7 rings (SSSR count). The molecule has 2 fully saturated rings. The third-order valence-corrected chi connectivity index (χ3v) is 9.51. The smallest absolute Gasteiger partial charge is 0.252 e. The maximum absolute atomic E-state index is 13.6. The first kappa shape index (κ1) is 25.0. The van der Waals surface area contributed by atoms with Gasteiger partial charge in [0.25, 0.3) is 5.91 Å². The molecule has 5 aromatic rings. The van der Waals surface area contributed by atoms with E-state index in [0.717, 1.165) is 94.6 Å². The van der Waals surface area contributed by atoms with Crippen LogP contribution in [0.3, 0.4) is 0 Å². The first-order valence-electron chi connectivity index (χ1n) is 14.6. The Morgan fingerprint density at radius 3 is 1.82 bits per heavy atom. The van der Waals surface area contributed by atoms with Crippen molar-refractivity contribution >= 4 is 60.7 Å². The second kappa shape index (κ2) is 9.58. The standard InChI is InChI=1S/C35H33NO4/c1-19-10-11-22-24-12-15-26(29(37)18-20-6-2-3-7-20)33-28(35(39)40)17-14-25(32(24)33)23-13-16-27(30(19)31(22)23)34(38)36-21-8-4-5-9-21/h10-17,20-21H,2-9,18H2,1H3,(H,36,38)(H,39,40)/p-1. The quantitative estimate of drug-likeness (QED) is 0.148. The van der Waals surface area contributed by atoms with Crippen LogP contribution >= 0.6 is 0 Å². The van der Waals surface area contributed by atoms with Crippen molar-refractivity contribution in [3.8, 4) is 0 Å². The number of carbonyl (C=O) groups excluding carboxylic acids is 3. The van der Waals surface area contributed by atoms with Crippen LogP contribution in [0, 0.1) is 12.8 Å². The minimum absolute atomic E-state index is 0.00289. The lowest BCUT2D eigenvalue weighted by molar-refractivity contribution is -0.254. The minimum Gasteiger partial charge on any atom is -0.545 e. The van der Waals surface area contributed by atoms with Crippen molar-refractivity contribution in [2.75, 3.05) is 0 Å². The zero-order chi connectivity index (χ0) is 27.5. The lowest BCUT2D eigenvalue weighted by atomic mass is 9.83. The minimum atomic E-state index is -1.28. The normalized spacial score (nSPS) is 16.6. The van der Waals surface area contributed by atoms with E-state index in [9.17, 15) is 19.5 Å². The maximum Gasteiger partial charge on any atom is 0.252 e. The molecule has 202 valence electrons. The van der Waals surface area contributed by atoms with Crippen LogP contribution in [0.1, 0.15) is 94.4 Å². The highest BCUT2D eigenvalue weighted by molar-refractivity contribution is 6.37. The van der Waals surface area contributed by atoms with Gasteiger partial charge in [0.15, 0.2) is 5.78 Å². The van der Waals surface area contributed by atoms with E-state index < -0.39 is 5.97 Å². The number of aryl methyl sites for hydroxylation is 1. The van der Waals surface area contributed by atoms with Gasteiger partial charge in [-0.1, -0.05) is 81.0 Å². The van der Waals surface area contributed by atoms with E-state index in [4.69, 9.17) is 0 Å². The number of fused-ring (bicyclic) bond motifs is 2. The number of benzene rings is 5. The van der Waals surface area contributed by atoms with Crippen molar-refractivity contribution in [3.63, 3.8) is 0 Å². The highest BCUT2D eigenvalue weighted by Gasteiger charge is 2.26. The van der Waals surface area contributed by atoms with E-state index >= 15 is 0 Å². The number of nitrogens with one attached hydrogen (secondary N) is 1. The lowest BCUT2D eigenvalue weighted by Crippen LogP contribution is -2.32. The van der Waals surface area contributed by atoms with Gasteiger partial charge < -0.3 is 15.2 Å². The van der Waals surface area contributed by atoms with Gasteiger partial charge in [-0.25, -0.2) is 0 Å². The molecule has 1 N–H and O–H groups in total. The molecule has 2 saturated carbocycles. The van der Waals surface area contributed by atoms with Crippen molar-refractivity contribution in [3.05, 3.63) is 70.8 Å². The summed E-state index contributed by atoms with van der Waals surface area (Å²) in [5, 5.41) is 22.4. The summed E-state index contributed by atoms with van der Waals surface area (Å²) in [6.07, 6.45) is 9.16. The van der Waals surface area contributed by atoms with Crippen molar-refractivity contribution in [2.45, 2.75) is 70.8 Å². The average molecular weight is 531 g/mol. The topological polar surface area (TPSA) is 86.3 Å². The number of ketones is 1. The Morgan fingerprint density at radius 2 is 1.20 bits per heavy atom. The number of carboxylic acids is 1. The summed E-state index contributed by atoms with van der Waals surface area (Å²) in [7, 11) is 0. The zero-order valence-electron chi connectivity index (χ0n) is 22.8. The Balaban J connectivity index is 1.50. The van der Waals surface area contributed by atoms with Gasteiger partial charge in [-0.05, 0) is 75.0 Å². The molecule has 0 atom stereocenters. The van der Waals surface area contributed by atoms with Crippen LogP contribution in [0.2, 0.25) is 0 Å². The van der Waals surface area contributed by atoms with Crippen LogP contribution in [0.4, 0.5) is 0 Å². The molecule has 0 spiro atoms. The molecule has 0 aromatic heterocycles. The molecule has 0 heterocycles. The molecule has 40 heavy (non-hydrogen) atoms. The highest BCUT2D eigenvalue weighted by Crippen LogP contribution is 2.44. The van der Waals surface area contributed by atoms with Gasteiger partial charge in [-0.15, -0.1) is 0 Å². The van der Waals surface area contributed by atoms with Crippen LogP contribution in [0.5, 0.6) is 0 Å². The summed E-state index contributed by atoms with van der Waals surface area (Å²) in [5.41, 5.74) is 2.20. The van der Waals surface area contributed by atoms with Crippen LogP contribution in [-0.4, -0.2) is 23.7 Å². The van der Waals surface area contributed by atoms with Crippen LogP contribution < -0.4 is 10.4 Å². The fourth-order valence-electron chi connectivity index (χ4n) is 7.57. The van der Waals surface area contributed by atoms with Gasteiger partial charge in [0.1, 0.15) is 0 Å². The second-order valence-corrected chi connectivity index (χ2v) is 11.9. The number of amides is 1. The summed E-state index contributed by atoms with van der Waals surface area (Å²) < 4.78 is 0. The fraction of sp³-hybridized carbons (Fsp3) is 0.343. The number of aromatic carboxylic acids is 1. The number of hydrogen-bond donors (Lipinski definition) is 1. The number of hydrogen-bond acceptors (Lipinski definition) is 4. The van der Waals surface area contributed by atoms with Crippen molar-refractivity contribution in [1.82, 2.24) is 5.32 Å². The van der Waals surface area contributed by atoms with Crippen molar-refractivity contribution in [2.24, 2.45) is 5.92 Å². The number of Topliss-reactive ketones (excluding diaryl/α,β-unsaturated/α-hetero) is 1. The van der Waals surface area contributed by atoms with E-state index in [1.807, 2.05) is 37.3 Å². The SMILES string of the molecule is Cc1ccc2c3ccc(C(=O)CC4CCCC4)c4c(C(=O)[O-])ccc(c5ccc(C(=O)NC6CCCC6)c1c52)c43.